The van der Waals surface area contributed by atoms with Gasteiger partial charge in [0, 0.05) is 12.5 Å². The molecular weight excluding hydrogens is 224 g/mol. The Labute approximate surface area is 99.6 Å². The Bertz CT molecular complexity index is 331. The number of nitrogens with one attached hydrogen (secondary N) is 1. The maximum atomic E-state index is 11.7. The summed E-state index contributed by atoms with van der Waals surface area (Å²) in [7, 11) is 0. The number of nitrogens with zero attached hydrogens (tertiary/aromatic N) is 1. The Hall–Kier alpha value is -1.61. The van der Waals surface area contributed by atoms with Crippen LogP contribution in [0.5, 0.6) is 0 Å². The van der Waals surface area contributed by atoms with E-state index in [-0.39, 0.29) is 18.2 Å². The minimum absolute atomic E-state index is 0.116. The van der Waals surface area contributed by atoms with Crippen molar-refractivity contribution in [3.8, 4) is 6.07 Å². The Balaban J connectivity index is 2.51. The molecule has 94 valence electrons. The van der Waals surface area contributed by atoms with E-state index in [1.54, 1.807) is 6.92 Å². The van der Waals surface area contributed by atoms with Gasteiger partial charge in [0.2, 0.25) is 5.91 Å². The molecule has 0 radical (unpaired) electrons. The van der Waals surface area contributed by atoms with Gasteiger partial charge in [0.1, 0.15) is 6.04 Å². The average Bonchev–Trinajstić information content (AvgIpc) is 2.81. The lowest BCUT2D eigenvalue weighted by molar-refractivity contribution is -0.142. The number of amides is 1. The molecule has 1 heterocycles. The molecule has 17 heavy (non-hydrogen) atoms. The molecule has 1 aliphatic rings. The van der Waals surface area contributed by atoms with Crippen LogP contribution in [-0.4, -0.2) is 36.2 Å². The molecule has 0 aromatic rings. The van der Waals surface area contributed by atoms with Crippen LogP contribution >= 0.6 is 0 Å². The number of aliphatic carboxylic acids is 1. The van der Waals surface area contributed by atoms with Gasteiger partial charge in [0.05, 0.1) is 18.6 Å². The van der Waals surface area contributed by atoms with Crippen molar-refractivity contribution in [1.29, 1.82) is 5.26 Å². The SMILES string of the molecule is C[C@@H](C#N)C[C@@H](NC(=O)[C@H]1CCOC1)C(=O)O. The van der Waals surface area contributed by atoms with Gasteiger partial charge in [-0.2, -0.15) is 5.26 Å². The van der Waals surface area contributed by atoms with E-state index in [1.807, 2.05) is 6.07 Å². The first-order chi connectivity index (χ1) is 8.04. The van der Waals surface area contributed by atoms with Gasteiger partial charge in [0.15, 0.2) is 0 Å². The molecule has 1 aliphatic heterocycles. The second-order valence-corrected chi connectivity index (χ2v) is 4.23. The second-order valence-electron chi connectivity index (χ2n) is 4.23. The molecule has 2 N–H and O–H groups in total. The molecule has 0 bridgehead atoms. The lowest BCUT2D eigenvalue weighted by Gasteiger charge is -2.17. The maximum Gasteiger partial charge on any atom is 0.326 e. The molecule has 6 nitrogen and oxygen atoms in total. The zero-order chi connectivity index (χ0) is 12.8. The first-order valence-electron chi connectivity index (χ1n) is 5.55. The number of nitriles is 1. The average molecular weight is 240 g/mol. The number of carbonyl (C=O) groups excluding carboxylic acids is 1. The smallest absolute Gasteiger partial charge is 0.326 e. The van der Waals surface area contributed by atoms with Crippen LogP contribution in [0.1, 0.15) is 19.8 Å². The highest BCUT2D eigenvalue weighted by Crippen LogP contribution is 2.13. The summed E-state index contributed by atoms with van der Waals surface area (Å²) in [6, 6.07) is 0.952. The zero-order valence-corrected chi connectivity index (χ0v) is 9.68. The van der Waals surface area contributed by atoms with Crippen LogP contribution in [0.3, 0.4) is 0 Å². The molecule has 0 aromatic carbocycles. The Morgan fingerprint density at radius 2 is 2.35 bits per heavy atom. The van der Waals surface area contributed by atoms with Gasteiger partial charge < -0.3 is 15.2 Å². The van der Waals surface area contributed by atoms with Crippen LogP contribution in [0.25, 0.3) is 0 Å². The number of carboxylic acid groups (broad SMARTS) is 1. The molecule has 1 rings (SSSR count). The van der Waals surface area contributed by atoms with E-state index < -0.39 is 17.9 Å². The quantitative estimate of drug-likeness (QED) is 0.712. The van der Waals surface area contributed by atoms with E-state index in [4.69, 9.17) is 15.1 Å². The van der Waals surface area contributed by atoms with E-state index in [1.165, 1.54) is 0 Å². The molecule has 1 saturated heterocycles. The normalized spacial score (nSPS) is 22.5. The Kier molecular flexibility index (Phi) is 4.91. The fraction of sp³-hybridized carbons (Fsp3) is 0.727. The van der Waals surface area contributed by atoms with Crippen molar-refractivity contribution in [2.24, 2.45) is 11.8 Å². The van der Waals surface area contributed by atoms with E-state index in [2.05, 4.69) is 5.32 Å². The lowest BCUT2D eigenvalue weighted by atomic mass is 10.0. The van der Waals surface area contributed by atoms with E-state index in [0.29, 0.717) is 19.6 Å². The van der Waals surface area contributed by atoms with E-state index >= 15 is 0 Å². The van der Waals surface area contributed by atoms with Gasteiger partial charge in [0.25, 0.3) is 0 Å². The van der Waals surface area contributed by atoms with Crippen molar-refractivity contribution >= 4 is 11.9 Å². The van der Waals surface area contributed by atoms with E-state index in [9.17, 15) is 9.59 Å². The van der Waals surface area contributed by atoms with Crippen LogP contribution in [-0.2, 0) is 14.3 Å². The highest BCUT2D eigenvalue weighted by atomic mass is 16.5. The van der Waals surface area contributed by atoms with Gasteiger partial charge in [-0.1, -0.05) is 0 Å². The van der Waals surface area contributed by atoms with Crippen LogP contribution in [0.2, 0.25) is 0 Å². The van der Waals surface area contributed by atoms with Gasteiger partial charge in [-0.15, -0.1) is 0 Å². The molecule has 3 atom stereocenters. The number of rotatable bonds is 5. The first kappa shape index (κ1) is 13.5. The Morgan fingerprint density at radius 1 is 1.65 bits per heavy atom. The summed E-state index contributed by atoms with van der Waals surface area (Å²) >= 11 is 0. The predicted molar refractivity (Wildman–Crippen MR) is 57.9 cm³/mol. The molecule has 6 heteroatoms. The molecular formula is C11H16N2O4. The highest BCUT2D eigenvalue weighted by Gasteiger charge is 2.28. The molecule has 0 aliphatic carbocycles. The largest absolute Gasteiger partial charge is 0.480 e. The van der Waals surface area contributed by atoms with Crippen molar-refractivity contribution < 1.29 is 19.4 Å². The number of hydrogen-bond donors (Lipinski definition) is 2. The van der Waals surface area contributed by atoms with Crippen molar-refractivity contribution in [2.45, 2.75) is 25.8 Å². The summed E-state index contributed by atoms with van der Waals surface area (Å²) in [6.07, 6.45) is 0.733. The molecule has 1 fully saturated rings. The van der Waals surface area contributed by atoms with Gasteiger partial charge in [-0.25, -0.2) is 4.79 Å². The van der Waals surface area contributed by atoms with Gasteiger partial charge in [-0.3, -0.25) is 4.79 Å². The standard InChI is InChI=1S/C11H16N2O4/c1-7(5-12)4-9(11(15)16)13-10(14)8-2-3-17-6-8/h7-9H,2-4,6H2,1H3,(H,13,14)(H,15,16)/t7-,8+,9-/m1/s1. The lowest BCUT2D eigenvalue weighted by Crippen LogP contribution is -2.44. The van der Waals surface area contributed by atoms with E-state index in [0.717, 1.165) is 0 Å². The summed E-state index contributed by atoms with van der Waals surface area (Å²) in [5.41, 5.74) is 0. The summed E-state index contributed by atoms with van der Waals surface area (Å²) in [4.78, 5) is 22.6. The molecule has 0 aromatic heterocycles. The minimum atomic E-state index is -1.11. The van der Waals surface area contributed by atoms with Crippen LogP contribution < -0.4 is 5.32 Å². The molecule has 1 amide bonds. The third-order valence-corrected chi connectivity index (χ3v) is 2.72. The maximum absolute atomic E-state index is 11.7. The van der Waals surface area contributed by atoms with Gasteiger partial charge >= 0.3 is 5.97 Å². The number of carboxylic acids is 1. The second kappa shape index (κ2) is 6.21. The number of ether oxygens (including phenoxy) is 1. The topological polar surface area (TPSA) is 99.4 Å². The van der Waals surface area contributed by atoms with Crippen molar-refractivity contribution in [3.05, 3.63) is 0 Å². The third kappa shape index (κ3) is 4.04. The molecule has 0 spiro atoms. The van der Waals surface area contributed by atoms with Gasteiger partial charge in [-0.05, 0) is 19.8 Å². The van der Waals surface area contributed by atoms with Crippen molar-refractivity contribution in [3.63, 3.8) is 0 Å². The minimum Gasteiger partial charge on any atom is -0.480 e. The first-order valence-corrected chi connectivity index (χ1v) is 5.55. The summed E-state index contributed by atoms with van der Waals surface area (Å²) in [5.74, 6) is -2.09. The number of carbonyl (C=O) groups is 2. The predicted octanol–water partition coefficient (Wildman–Crippen LogP) is 0.142. The van der Waals surface area contributed by atoms with Crippen LogP contribution in [0.15, 0.2) is 0 Å². The molecule has 0 saturated carbocycles. The van der Waals surface area contributed by atoms with Crippen LogP contribution in [0, 0.1) is 23.2 Å². The fourth-order valence-electron chi connectivity index (χ4n) is 1.66. The van der Waals surface area contributed by atoms with Crippen molar-refractivity contribution in [2.75, 3.05) is 13.2 Å². The molecule has 0 unspecified atom stereocenters. The van der Waals surface area contributed by atoms with Crippen molar-refractivity contribution in [1.82, 2.24) is 5.32 Å². The zero-order valence-electron chi connectivity index (χ0n) is 9.68. The monoisotopic (exact) mass is 240 g/mol. The summed E-state index contributed by atoms with van der Waals surface area (Å²) in [6.45, 7) is 2.50. The fourth-order valence-corrected chi connectivity index (χ4v) is 1.66. The highest BCUT2D eigenvalue weighted by molar-refractivity contribution is 5.85. The summed E-state index contributed by atoms with van der Waals surface area (Å²) < 4.78 is 5.06. The van der Waals surface area contributed by atoms with Crippen LogP contribution in [0.4, 0.5) is 0 Å². The third-order valence-electron chi connectivity index (χ3n) is 2.72. The Morgan fingerprint density at radius 3 is 2.82 bits per heavy atom. The summed E-state index contributed by atoms with van der Waals surface area (Å²) in [5, 5.41) is 20.0. The number of hydrogen-bond acceptors (Lipinski definition) is 4.